The number of hydrogen-bond donors (Lipinski definition) is 3. The summed E-state index contributed by atoms with van der Waals surface area (Å²) in [6, 6.07) is 5.62. The Morgan fingerprint density at radius 3 is 2.77 bits per heavy atom. The molecule has 4 N–H and O–H groups in total. The number of aliphatic hydroxyl groups is 1. The van der Waals surface area contributed by atoms with Crippen LogP contribution in [-0.4, -0.2) is 70.3 Å². The molecule has 39 heavy (non-hydrogen) atoms. The van der Waals surface area contributed by atoms with E-state index in [4.69, 9.17) is 5.14 Å². The van der Waals surface area contributed by atoms with E-state index in [0.717, 1.165) is 12.4 Å². The van der Waals surface area contributed by atoms with Crippen LogP contribution in [0.3, 0.4) is 0 Å². The zero-order valence-corrected chi connectivity index (χ0v) is 20.6. The van der Waals surface area contributed by atoms with Crippen LogP contribution in [0.1, 0.15) is 28.0 Å². The SMILES string of the molecule is NS(=O)(=O)OC[C@H]1C[C@@H](Nc2ncncc2C(=O)c2ccn(Cc3cccc(OC(F)(F)F)c3)n2)[C@@H](F)[C@@H]1O. The number of aliphatic hydroxyl groups excluding tert-OH is 1. The summed E-state index contributed by atoms with van der Waals surface area (Å²) in [5.41, 5.74) is 0.325. The summed E-state index contributed by atoms with van der Waals surface area (Å²) in [5, 5.41) is 21.9. The number of carbonyl (C=O) groups is 1. The molecule has 4 atom stereocenters. The lowest BCUT2D eigenvalue weighted by atomic mass is 10.1. The van der Waals surface area contributed by atoms with Crippen molar-refractivity contribution in [3.8, 4) is 5.75 Å². The smallest absolute Gasteiger partial charge is 0.406 e. The maximum absolute atomic E-state index is 14.8. The van der Waals surface area contributed by atoms with Crippen LogP contribution in [0, 0.1) is 5.92 Å². The predicted molar refractivity (Wildman–Crippen MR) is 125 cm³/mol. The number of nitrogens with one attached hydrogen (secondary N) is 1. The summed E-state index contributed by atoms with van der Waals surface area (Å²) >= 11 is 0. The Morgan fingerprint density at radius 2 is 2.05 bits per heavy atom. The molecule has 4 rings (SSSR count). The Kier molecular flexibility index (Phi) is 8.15. The van der Waals surface area contributed by atoms with Gasteiger partial charge in [-0.1, -0.05) is 12.1 Å². The summed E-state index contributed by atoms with van der Waals surface area (Å²) in [5.74, 6) is -1.97. The number of nitrogens with zero attached hydrogens (tertiary/aromatic N) is 4. The van der Waals surface area contributed by atoms with Crippen molar-refractivity contribution in [1.82, 2.24) is 19.7 Å². The van der Waals surface area contributed by atoms with Crippen LogP contribution in [0.5, 0.6) is 5.75 Å². The minimum absolute atomic E-state index is 0.0320. The Balaban J connectivity index is 1.46. The molecule has 1 saturated carbocycles. The molecule has 0 radical (unpaired) electrons. The number of ether oxygens (including phenoxy) is 1. The van der Waals surface area contributed by atoms with E-state index in [1.165, 1.54) is 35.3 Å². The largest absolute Gasteiger partial charge is 0.573 e. The minimum atomic E-state index is -4.84. The molecule has 1 aliphatic carbocycles. The van der Waals surface area contributed by atoms with Crippen molar-refractivity contribution >= 4 is 21.9 Å². The van der Waals surface area contributed by atoms with E-state index in [2.05, 4.69) is 29.3 Å². The highest BCUT2D eigenvalue weighted by Crippen LogP contribution is 2.32. The van der Waals surface area contributed by atoms with Gasteiger partial charge in [-0.3, -0.25) is 13.7 Å². The topological polar surface area (TPSA) is 172 Å². The molecule has 1 aromatic carbocycles. The van der Waals surface area contributed by atoms with Gasteiger partial charge in [-0.05, 0) is 30.2 Å². The molecule has 0 saturated heterocycles. The molecule has 0 amide bonds. The van der Waals surface area contributed by atoms with Gasteiger partial charge in [0.15, 0.2) is 0 Å². The Labute approximate surface area is 219 Å². The average Bonchev–Trinajstić information content (AvgIpc) is 3.41. The number of ketones is 1. The molecule has 0 bridgehead atoms. The van der Waals surface area contributed by atoms with Crippen molar-refractivity contribution in [2.24, 2.45) is 11.1 Å². The van der Waals surface area contributed by atoms with Gasteiger partial charge in [0.25, 0.3) is 0 Å². The summed E-state index contributed by atoms with van der Waals surface area (Å²) in [6.45, 7) is -0.499. The number of hydrogen-bond acceptors (Lipinski definition) is 10. The third kappa shape index (κ3) is 7.47. The van der Waals surface area contributed by atoms with Gasteiger partial charge in [-0.2, -0.15) is 13.5 Å². The highest BCUT2D eigenvalue weighted by molar-refractivity contribution is 7.84. The molecular formula is C22H22F4N6O6S. The van der Waals surface area contributed by atoms with E-state index in [9.17, 15) is 35.9 Å². The molecule has 0 unspecified atom stereocenters. The molecular weight excluding hydrogens is 552 g/mol. The van der Waals surface area contributed by atoms with Gasteiger partial charge in [0.05, 0.1) is 30.9 Å². The first-order valence-corrected chi connectivity index (χ1v) is 12.7. The van der Waals surface area contributed by atoms with Crippen molar-refractivity contribution in [3.05, 3.63) is 65.9 Å². The van der Waals surface area contributed by atoms with E-state index in [1.807, 2.05) is 0 Å². The number of carbonyl (C=O) groups excluding carboxylic acids is 1. The van der Waals surface area contributed by atoms with Crippen LogP contribution in [0.25, 0.3) is 0 Å². The van der Waals surface area contributed by atoms with Gasteiger partial charge < -0.3 is 15.2 Å². The van der Waals surface area contributed by atoms with E-state index in [-0.39, 0.29) is 30.0 Å². The predicted octanol–water partition coefficient (Wildman–Crippen LogP) is 1.57. The van der Waals surface area contributed by atoms with Crippen LogP contribution in [0.2, 0.25) is 0 Å². The highest BCUT2D eigenvalue weighted by atomic mass is 32.2. The maximum atomic E-state index is 14.8. The minimum Gasteiger partial charge on any atom is -0.406 e. The molecule has 12 nitrogen and oxygen atoms in total. The van der Waals surface area contributed by atoms with Crippen LogP contribution in [-0.2, 0) is 21.0 Å². The fraction of sp³-hybridized carbons (Fsp3) is 0.364. The van der Waals surface area contributed by atoms with Crippen LogP contribution < -0.4 is 15.2 Å². The molecule has 2 aromatic heterocycles. The van der Waals surface area contributed by atoms with Gasteiger partial charge in [0, 0.05) is 18.3 Å². The molecule has 17 heteroatoms. The molecule has 3 aromatic rings. The summed E-state index contributed by atoms with van der Waals surface area (Å²) in [7, 11) is -4.28. The molecule has 210 valence electrons. The first-order chi connectivity index (χ1) is 18.3. The highest BCUT2D eigenvalue weighted by Gasteiger charge is 2.44. The summed E-state index contributed by atoms with van der Waals surface area (Å²) < 4.78 is 84.0. The van der Waals surface area contributed by atoms with Gasteiger partial charge in [0.1, 0.15) is 29.8 Å². The van der Waals surface area contributed by atoms with Gasteiger partial charge in [-0.25, -0.2) is 19.5 Å². The van der Waals surface area contributed by atoms with E-state index >= 15 is 0 Å². The third-order valence-electron chi connectivity index (χ3n) is 5.83. The lowest BCUT2D eigenvalue weighted by Gasteiger charge is -2.18. The standard InChI is InChI=1S/C22H22F4N6O6S/c23-18-17(7-13(19(18)33)10-37-39(27,35)36)30-21-15(8-28-11-29-21)20(34)16-4-5-32(31-16)9-12-2-1-3-14(6-12)38-22(24,25)26/h1-6,8,11,13,17-19,33H,7,9-10H2,(H2,27,35,36)(H,28,29,30)/t13-,17-,18-,19-/m1/s1. The van der Waals surface area contributed by atoms with Gasteiger partial charge >= 0.3 is 16.7 Å². The molecule has 1 fully saturated rings. The number of alkyl halides is 4. The van der Waals surface area contributed by atoms with Gasteiger partial charge in [-0.15, -0.1) is 13.2 Å². The molecule has 1 aliphatic rings. The quantitative estimate of drug-likeness (QED) is 0.238. The lowest BCUT2D eigenvalue weighted by molar-refractivity contribution is -0.274. The lowest BCUT2D eigenvalue weighted by Crippen LogP contribution is -2.33. The van der Waals surface area contributed by atoms with E-state index < -0.39 is 59.0 Å². The second-order valence-electron chi connectivity index (χ2n) is 8.67. The van der Waals surface area contributed by atoms with E-state index in [0.29, 0.717) is 5.56 Å². The summed E-state index contributed by atoms with van der Waals surface area (Å²) in [4.78, 5) is 21.0. The van der Waals surface area contributed by atoms with Crippen molar-refractivity contribution in [2.45, 2.75) is 37.6 Å². The van der Waals surface area contributed by atoms with Crippen LogP contribution in [0.15, 0.2) is 49.1 Å². The molecule has 0 spiro atoms. The van der Waals surface area contributed by atoms with Crippen molar-refractivity contribution < 1.29 is 44.8 Å². The number of anilines is 1. The molecule has 0 aliphatic heterocycles. The number of nitrogens with two attached hydrogens (primary N) is 1. The average molecular weight is 575 g/mol. The zero-order valence-electron chi connectivity index (χ0n) is 19.8. The number of rotatable bonds is 10. The van der Waals surface area contributed by atoms with Crippen molar-refractivity contribution in [1.29, 1.82) is 0 Å². The first kappa shape index (κ1) is 28.3. The Bertz CT molecular complexity index is 1440. The second-order valence-corrected chi connectivity index (χ2v) is 9.89. The third-order valence-corrected chi connectivity index (χ3v) is 6.29. The normalized spacial score (nSPS) is 21.6. The zero-order chi connectivity index (χ0) is 28.4. The monoisotopic (exact) mass is 574 g/mol. The van der Waals surface area contributed by atoms with Crippen molar-refractivity contribution in [2.75, 3.05) is 11.9 Å². The van der Waals surface area contributed by atoms with Crippen LogP contribution >= 0.6 is 0 Å². The van der Waals surface area contributed by atoms with Crippen LogP contribution in [0.4, 0.5) is 23.4 Å². The first-order valence-electron chi connectivity index (χ1n) is 11.3. The number of benzene rings is 1. The van der Waals surface area contributed by atoms with Gasteiger partial charge in [0.2, 0.25) is 5.78 Å². The van der Waals surface area contributed by atoms with Crippen molar-refractivity contribution in [3.63, 3.8) is 0 Å². The van der Waals surface area contributed by atoms with E-state index in [1.54, 1.807) is 6.07 Å². The maximum Gasteiger partial charge on any atom is 0.573 e. The summed E-state index contributed by atoms with van der Waals surface area (Å²) in [6.07, 6.45) is -4.53. The molecule has 2 heterocycles. The Hall–Kier alpha value is -3.67. The Morgan fingerprint density at radius 1 is 1.28 bits per heavy atom. The number of aromatic nitrogens is 4. The second kappa shape index (κ2) is 11.2. The number of halogens is 4. The fourth-order valence-electron chi connectivity index (χ4n) is 4.10. The fourth-order valence-corrected chi connectivity index (χ4v) is 4.47.